The largest absolute Gasteiger partial charge is 0.357 e. The SMILES string of the molecule is CCNC(=NCc1ccc(C(=O)N(C)C)cc1)NCC1(CC)CCCC1.I. The van der Waals surface area contributed by atoms with Crippen molar-refractivity contribution in [2.45, 2.75) is 52.5 Å². The van der Waals surface area contributed by atoms with Crippen molar-refractivity contribution in [3.63, 3.8) is 0 Å². The quantitative estimate of drug-likeness (QED) is 0.348. The van der Waals surface area contributed by atoms with Crippen molar-refractivity contribution in [2.24, 2.45) is 10.4 Å². The van der Waals surface area contributed by atoms with Crippen LogP contribution in [0.5, 0.6) is 0 Å². The molecule has 5 nitrogen and oxygen atoms in total. The van der Waals surface area contributed by atoms with Gasteiger partial charge in [-0.15, -0.1) is 24.0 Å². The Kier molecular flexibility index (Phi) is 10.1. The first-order valence-electron chi connectivity index (χ1n) is 9.82. The zero-order chi connectivity index (χ0) is 19.0. The van der Waals surface area contributed by atoms with Crippen LogP contribution >= 0.6 is 24.0 Å². The van der Waals surface area contributed by atoms with Gasteiger partial charge in [0.05, 0.1) is 6.54 Å². The number of nitrogens with zero attached hydrogens (tertiary/aromatic N) is 2. The van der Waals surface area contributed by atoms with Crippen LogP contribution in [0.2, 0.25) is 0 Å². The first kappa shape index (κ1) is 23.7. The molecule has 1 aliphatic carbocycles. The number of aliphatic imine (C=N–C) groups is 1. The molecule has 0 heterocycles. The van der Waals surface area contributed by atoms with Gasteiger partial charge in [-0.1, -0.05) is 31.9 Å². The van der Waals surface area contributed by atoms with Gasteiger partial charge >= 0.3 is 0 Å². The van der Waals surface area contributed by atoms with E-state index in [0.29, 0.717) is 17.5 Å². The van der Waals surface area contributed by atoms with Crippen molar-refractivity contribution in [1.82, 2.24) is 15.5 Å². The van der Waals surface area contributed by atoms with Crippen molar-refractivity contribution in [2.75, 3.05) is 27.2 Å². The number of hydrogen-bond acceptors (Lipinski definition) is 2. The Morgan fingerprint density at radius 1 is 1.11 bits per heavy atom. The van der Waals surface area contributed by atoms with Crippen LogP contribution in [0, 0.1) is 5.41 Å². The summed E-state index contributed by atoms with van der Waals surface area (Å²) in [5, 5.41) is 6.89. The molecule has 1 saturated carbocycles. The number of benzene rings is 1. The highest BCUT2D eigenvalue weighted by Gasteiger charge is 2.31. The lowest BCUT2D eigenvalue weighted by Crippen LogP contribution is -2.42. The molecule has 0 aromatic heterocycles. The second-order valence-corrected chi connectivity index (χ2v) is 7.51. The van der Waals surface area contributed by atoms with E-state index in [-0.39, 0.29) is 29.9 Å². The van der Waals surface area contributed by atoms with Gasteiger partial charge in [0.25, 0.3) is 5.91 Å². The minimum Gasteiger partial charge on any atom is -0.357 e. The Hall–Kier alpha value is -1.31. The molecule has 152 valence electrons. The van der Waals surface area contributed by atoms with E-state index in [0.717, 1.165) is 24.6 Å². The standard InChI is InChI=1S/C21H34N4O.HI/c1-5-21(13-7-8-14-21)16-24-20(22-6-2)23-15-17-9-11-18(12-10-17)19(26)25(3)4;/h9-12H,5-8,13-16H2,1-4H3,(H2,22,23,24);1H. The van der Waals surface area contributed by atoms with Gasteiger partial charge in [-0.2, -0.15) is 0 Å². The number of nitrogens with one attached hydrogen (secondary N) is 2. The van der Waals surface area contributed by atoms with Crippen molar-refractivity contribution in [3.8, 4) is 0 Å². The number of hydrogen-bond donors (Lipinski definition) is 2. The zero-order valence-electron chi connectivity index (χ0n) is 17.2. The molecule has 2 N–H and O–H groups in total. The highest BCUT2D eigenvalue weighted by atomic mass is 127. The molecule has 1 fully saturated rings. The lowest BCUT2D eigenvalue weighted by Gasteiger charge is -2.28. The maximum Gasteiger partial charge on any atom is 0.253 e. The van der Waals surface area contributed by atoms with Crippen LogP contribution in [0.4, 0.5) is 0 Å². The Balaban J connectivity index is 0.00000364. The van der Waals surface area contributed by atoms with E-state index < -0.39 is 0 Å². The fraction of sp³-hybridized carbons (Fsp3) is 0.619. The molecule has 0 bridgehead atoms. The van der Waals surface area contributed by atoms with E-state index in [4.69, 9.17) is 4.99 Å². The smallest absolute Gasteiger partial charge is 0.253 e. The van der Waals surface area contributed by atoms with E-state index in [2.05, 4.69) is 24.5 Å². The Morgan fingerprint density at radius 2 is 1.74 bits per heavy atom. The monoisotopic (exact) mass is 486 g/mol. The molecule has 0 saturated heterocycles. The summed E-state index contributed by atoms with van der Waals surface area (Å²) >= 11 is 0. The molecule has 0 atom stereocenters. The molecule has 1 aliphatic rings. The fourth-order valence-electron chi connectivity index (χ4n) is 3.57. The van der Waals surface area contributed by atoms with Crippen molar-refractivity contribution in [1.29, 1.82) is 0 Å². The molecule has 0 radical (unpaired) electrons. The topological polar surface area (TPSA) is 56.7 Å². The van der Waals surface area contributed by atoms with Crippen LogP contribution in [0.15, 0.2) is 29.3 Å². The lowest BCUT2D eigenvalue weighted by molar-refractivity contribution is 0.0827. The number of guanidine groups is 1. The van der Waals surface area contributed by atoms with Crippen molar-refractivity contribution < 1.29 is 4.79 Å². The van der Waals surface area contributed by atoms with E-state index >= 15 is 0 Å². The molecule has 6 heteroatoms. The van der Waals surface area contributed by atoms with Crippen LogP contribution in [-0.4, -0.2) is 44.0 Å². The predicted octanol–water partition coefficient (Wildman–Crippen LogP) is 4.03. The van der Waals surface area contributed by atoms with Gasteiger partial charge in [0, 0.05) is 32.7 Å². The number of carbonyl (C=O) groups excluding carboxylic acids is 1. The summed E-state index contributed by atoms with van der Waals surface area (Å²) in [6.45, 7) is 6.83. The van der Waals surface area contributed by atoms with E-state index in [1.807, 2.05) is 24.3 Å². The molecular formula is C21H35IN4O. The first-order chi connectivity index (χ1) is 12.5. The molecule has 0 unspecified atom stereocenters. The molecule has 0 aliphatic heterocycles. The second-order valence-electron chi connectivity index (χ2n) is 7.51. The maximum atomic E-state index is 12.0. The van der Waals surface area contributed by atoms with Gasteiger partial charge in [-0.3, -0.25) is 4.79 Å². The third-order valence-corrected chi connectivity index (χ3v) is 5.42. The number of carbonyl (C=O) groups is 1. The molecule has 2 rings (SSSR count). The average Bonchev–Trinajstić information content (AvgIpc) is 3.13. The molecule has 27 heavy (non-hydrogen) atoms. The number of halogens is 1. The predicted molar refractivity (Wildman–Crippen MR) is 124 cm³/mol. The summed E-state index contributed by atoms with van der Waals surface area (Å²) < 4.78 is 0. The highest BCUT2D eigenvalue weighted by Crippen LogP contribution is 2.40. The highest BCUT2D eigenvalue weighted by molar-refractivity contribution is 14.0. The van der Waals surface area contributed by atoms with E-state index in [1.54, 1.807) is 19.0 Å². The minimum atomic E-state index is 0. The second kappa shape index (κ2) is 11.5. The Labute approximate surface area is 181 Å². The van der Waals surface area contributed by atoms with Gasteiger partial charge in [0.1, 0.15) is 0 Å². The summed E-state index contributed by atoms with van der Waals surface area (Å²) in [5.41, 5.74) is 2.24. The van der Waals surface area contributed by atoms with Crippen molar-refractivity contribution in [3.05, 3.63) is 35.4 Å². The normalized spacial score (nSPS) is 15.8. The minimum absolute atomic E-state index is 0. The Bertz CT molecular complexity index is 607. The van der Waals surface area contributed by atoms with Crippen LogP contribution in [0.1, 0.15) is 61.9 Å². The van der Waals surface area contributed by atoms with Crippen LogP contribution in [0.25, 0.3) is 0 Å². The van der Waals surface area contributed by atoms with Gasteiger partial charge in [-0.05, 0) is 49.3 Å². The first-order valence-corrected chi connectivity index (χ1v) is 9.82. The zero-order valence-corrected chi connectivity index (χ0v) is 19.5. The Morgan fingerprint density at radius 3 is 2.26 bits per heavy atom. The molecule has 1 amide bonds. The summed E-state index contributed by atoms with van der Waals surface area (Å²) in [5.74, 6) is 0.900. The van der Waals surface area contributed by atoms with Crippen molar-refractivity contribution >= 4 is 35.8 Å². The molecule has 1 aromatic rings. The van der Waals surface area contributed by atoms with Crippen LogP contribution < -0.4 is 10.6 Å². The lowest BCUT2D eigenvalue weighted by atomic mass is 9.83. The van der Waals surface area contributed by atoms with Gasteiger partial charge in [-0.25, -0.2) is 4.99 Å². The van der Waals surface area contributed by atoms with Crippen LogP contribution in [0.3, 0.4) is 0 Å². The van der Waals surface area contributed by atoms with E-state index in [1.165, 1.54) is 32.1 Å². The van der Waals surface area contributed by atoms with E-state index in [9.17, 15) is 4.79 Å². The summed E-state index contributed by atoms with van der Waals surface area (Å²) in [6, 6.07) is 7.71. The summed E-state index contributed by atoms with van der Waals surface area (Å²) in [7, 11) is 3.53. The van der Waals surface area contributed by atoms with Crippen LogP contribution in [-0.2, 0) is 6.54 Å². The van der Waals surface area contributed by atoms with Gasteiger partial charge in [0.15, 0.2) is 5.96 Å². The van der Waals surface area contributed by atoms with Gasteiger partial charge < -0.3 is 15.5 Å². The third kappa shape index (κ3) is 6.97. The van der Waals surface area contributed by atoms with Gasteiger partial charge in [0.2, 0.25) is 0 Å². The summed E-state index contributed by atoms with van der Waals surface area (Å²) in [4.78, 5) is 18.3. The third-order valence-electron chi connectivity index (χ3n) is 5.42. The molecular weight excluding hydrogens is 451 g/mol. The molecule has 0 spiro atoms. The maximum absolute atomic E-state index is 12.0. The summed E-state index contributed by atoms with van der Waals surface area (Å²) in [6.07, 6.45) is 6.55. The number of amides is 1. The average molecular weight is 486 g/mol. The molecule has 1 aromatic carbocycles. The number of rotatable bonds is 7. The fourth-order valence-corrected chi connectivity index (χ4v) is 3.57.